The number of rotatable bonds is 2. The van der Waals surface area contributed by atoms with Crippen LogP contribution in [-0.4, -0.2) is 36.1 Å². The maximum absolute atomic E-state index is 5.10. The third kappa shape index (κ3) is 3.67. The zero-order chi connectivity index (χ0) is 15.2. The molecule has 0 bridgehead atoms. The molecule has 1 saturated heterocycles. The molecule has 2 fully saturated rings. The van der Waals surface area contributed by atoms with Crippen LogP contribution in [0.5, 0.6) is 0 Å². The normalized spacial score (nSPS) is 27.6. The smallest absolute Gasteiger partial charge is 0.135 e. The molecule has 4 nitrogen and oxygen atoms in total. The van der Waals surface area contributed by atoms with Gasteiger partial charge in [-0.05, 0) is 50.5 Å². The average molecular weight is 383 g/mol. The highest BCUT2D eigenvalue weighted by molar-refractivity contribution is 5.85. The summed E-state index contributed by atoms with van der Waals surface area (Å²) >= 11 is 0. The fourth-order valence-electron chi connectivity index (χ4n) is 4.52. The molecule has 0 spiro atoms. The average Bonchev–Trinajstić information content (AvgIpc) is 3.36. The molecular formula is C19H28Cl2N4. The summed E-state index contributed by atoms with van der Waals surface area (Å²) in [6.45, 7) is 4.50. The fourth-order valence-corrected chi connectivity index (χ4v) is 4.52. The van der Waals surface area contributed by atoms with Crippen molar-refractivity contribution >= 4 is 30.6 Å². The Labute approximate surface area is 162 Å². The summed E-state index contributed by atoms with van der Waals surface area (Å²) < 4.78 is 0. The number of fused-ring (bicyclic) bond motifs is 2. The summed E-state index contributed by atoms with van der Waals surface area (Å²) in [5.74, 6) is 4.73. The van der Waals surface area contributed by atoms with Gasteiger partial charge in [-0.3, -0.25) is 0 Å². The lowest BCUT2D eigenvalue weighted by molar-refractivity contribution is 0.411. The molecule has 4 aliphatic rings. The van der Waals surface area contributed by atoms with Crippen molar-refractivity contribution in [3.05, 3.63) is 29.2 Å². The summed E-state index contributed by atoms with van der Waals surface area (Å²) in [6, 6.07) is 0. The summed E-state index contributed by atoms with van der Waals surface area (Å²) in [5, 5.41) is 3.53. The second-order valence-electron chi connectivity index (χ2n) is 7.72. The molecule has 1 aromatic rings. The van der Waals surface area contributed by atoms with E-state index in [2.05, 4.69) is 22.4 Å². The fraction of sp³-hybridized carbons (Fsp3) is 0.684. The number of nitrogens with zero attached hydrogens (tertiary/aromatic N) is 3. The van der Waals surface area contributed by atoms with Crippen LogP contribution in [0.2, 0.25) is 0 Å². The SMILES string of the molecule is C1=CC[C@H]2CN(c3nc(C4CC4)nc4c3CCNCC4)C[C@H]2C1.Cl.Cl. The largest absolute Gasteiger partial charge is 0.356 e. The Bertz CT molecular complexity index is 629. The van der Waals surface area contributed by atoms with Crippen molar-refractivity contribution in [1.82, 2.24) is 15.3 Å². The second-order valence-corrected chi connectivity index (χ2v) is 7.72. The van der Waals surface area contributed by atoms with Crippen LogP contribution in [-0.2, 0) is 12.8 Å². The molecule has 2 aliphatic heterocycles. The van der Waals surface area contributed by atoms with Crippen molar-refractivity contribution in [3.63, 3.8) is 0 Å². The lowest BCUT2D eigenvalue weighted by Gasteiger charge is -2.23. The summed E-state index contributed by atoms with van der Waals surface area (Å²) in [5.41, 5.74) is 2.76. The second kappa shape index (κ2) is 7.81. The monoisotopic (exact) mass is 382 g/mol. The molecule has 1 aromatic heterocycles. The molecule has 1 N–H and O–H groups in total. The highest BCUT2D eigenvalue weighted by Gasteiger charge is 2.36. The van der Waals surface area contributed by atoms with E-state index < -0.39 is 0 Å². The number of anilines is 1. The van der Waals surface area contributed by atoms with Gasteiger partial charge in [0.25, 0.3) is 0 Å². The first-order chi connectivity index (χ1) is 11.4. The van der Waals surface area contributed by atoms with Crippen LogP contribution in [0, 0.1) is 11.8 Å². The standard InChI is InChI=1S/C19H26N4.2ClH/c1-2-4-15-12-23(11-14(15)3-1)19-16-7-9-20-10-8-17(16)21-18(22-19)13-5-6-13;;/h1-2,13-15,20H,3-12H2;2*1H/t14-,15+;;. The van der Waals surface area contributed by atoms with Crippen molar-refractivity contribution < 1.29 is 0 Å². The summed E-state index contributed by atoms with van der Waals surface area (Å²) in [4.78, 5) is 12.7. The van der Waals surface area contributed by atoms with Gasteiger partial charge in [0.15, 0.2) is 0 Å². The zero-order valence-corrected chi connectivity index (χ0v) is 16.2. The highest BCUT2D eigenvalue weighted by Crippen LogP contribution is 2.41. The van der Waals surface area contributed by atoms with Gasteiger partial charge < -0.3 is 10.2 Å². The van der Waals surface area contributed by atoms with E-state index in [0.29, 0.717) is 5.92 Å². The summed E-state index contributed by atoms with van der Waals surface area (Å²) in [7, 11) is 0. The van der Waals surface area contributed by atoms with E-state index in [1.807, 2.05) is 0 Å². The molecule has 0 unspecified atom stereocenters. The van der Waals surface area contributed by atoms with Gasteiger partial charge in [-0.2, -0.15) is 0 Å². The minimum atomic E-state index is 0. The van der Waals surface area contributed by atoms with Crippen molar-refractivity contribution in [2.75, 3.05) is 31.1 Å². The molecule has 0 radical (unpaired) electrons. The Morgan fingerprint density at radius 1 is 0.920 bits per heavy atom. The van der Waals surface area contributed by atoms with E-state index in [9.17, 15) is 0 Å². The Morgan fingerprint density at radius 2 is 1.60 bits per heavy atom. The number of hydrogen-bond donors (Lipinski definition) is 1. The maximum Gasteiger partial charge on any atom is 0.135 e. The third-order valence-electron chi connectivity index (χ3n) is 6.04. The maximum atomic E-state index is 5.10. The Morgan fingerprint density at radius 3 is 2.28 bits per heavy atom. The van der Waals surface area contributed by atoms with Gasteiger partial charge in [0.1, 0.15) is 11.6 Å². The minimum absolute atomic E-state index is 0. The topological polar surface area (TPSA) is 41.1 Å². The third-order valence-corrected chi connectivity index (χ3v) is 6.04. The first-order valence-electron chi connectivity index (χ1n) is 9.39. The lowest BCUT2D eigenvalue weighted by Crippen LogP contribution is -2.25. The van der Waals surface area contributed by atoms with Gasteiger partial charge >= 0.3 is 0 Å². The summed E-state index contributed by atoms with van der Waals surface area (Å²) in [6.07, 6.45) is 12.0. The number of halogens is 2. The number of hydrogen-bond acceptors (Lipinski definition) is 4. The molecule has 2 atom stereocenters. The van der Waals surface area contributed by atoms with E-state index in [1.54, 1.807) is 0 Å². The van der Waals surface area contributed by atoms with Gasteiger partial charge in [0, 0.05) is 37.5 Å². The molecule has 0 amide bonds. The number of allylic oxidation sites excluding steroid dienone is 2. The molecule has 1 saturated carbocycles. The first-order valence-corrected chi connectivity index (χ1v) is 9.39. The van der Waals surface area contributed by atoms with Crippen molar-refractivity contribution in [2.24, 2.45) is 11.8 Å². The van der Waals surface area contributed by atoms with Crippen LogP contribution < -0.4 is 10.2 Å². The zero-order valence-electron chi connectivity index (χ0n) is 14.6. The molecule has 6 heteroatoms. The Hall–Kier alpha value is -0.840. The van der Waals surface area contributed by atoms with Gasteiger partial charge in [0.2, 0.25) is 0 Å². The van der Waals surface area contributed by atoms with Crippen LogP contribution in [0.4, 0.5) is 5.82 Å². The quantitative estimate of drug-likeness (QED) is 0.796. The van der Waals surface area contributed by atoms with Crippen LogP contribution in [0.15, 0.2) is 12.2 Å². The van der Waals surface area contributed by atoms with E-state index in [-0.39, 0.29) is 24.8 Å². The first kappa shape index (κ1) is 18.9. The molecule has 3 heterocycles. The van der Waals surface area contributed by atoms with E-state index in [0.717, 1.165) is 43.6 Å². The van der Waals surface area contributed by atoms with Gasteiger partial charge in [-0.25, -0.2) is 9.97 Å². The van der Waals surface area contributed by atoms with Crippen LogP contribution in [0.25, 0.3) is 0 Å². The predicted molar refractivity (Wildman–Crippen MR) is 106 cm³/mol. The molecule has 2 aliphatic carbocycles. The van der Waals surface area contributed by atoms with Crippen molar-refractivity contribution in [2.45, 2.75) is 44.4 Å². The molecule has 5 rings (SSSR count). The molecule has 138 valence electrons. The predicted octanol–water partition coefficient (Wildman–Crippen LogP) is 3.29. The van der Waals surface area contributed by atoms with E-state index in [1.165, 1.54) is 55.8 Å². The lowest BCUT2D eigenvalue weighted by atomic mass is 9.86. The Kier molecular flexibility index (Phi) is 5.92. The Balaban J connectivity index is 0.000000911. The van der Waals surface area contributed by atoms with Crippen molar-refractivity contribution in [3.8, 4) is 0 Å². The van der Waals surface area contributed by atoms with Gasteiger partial charge in [-0.15, -0.1) is 24.8 Å². The number of nitrogens with one attached hydrogen (secondary N) is 1. The molecule has 0 aromatic carbocycles. The highest BCUT2D eigenvalue weighted by atomic mass is 35.5. The van der Waals surface area contributed by atoms with E-state index >= 15 is 0 Å². The van der Waals surface area contributed by atoms with Crippen molar-refractivity contribution in [1.29, 1.82) is 0 Å². The van der Waals surface area contributed by atoms with E-state index in [4.69, 9.17) is 9.97 Å². The van der Waals surface area contributed by atoms with Crippen LogP contribution in [0.1, 0.15) is 48.7 Å². The van der Waals surface area contributed by atoms with Crippen LogP contribution >= 0.6 is 24.8 Å². The minimum Gasteiger partial charge on any atom is -0.356 e. The van der Waals surface area contributed by atoms with Gasteiger partial charge in [-0.1, -0.05) is 12.2 Å². The molecule has 25 heavy (non-hydrogen) atoms. The van der Waals surface area contributed by atoms with Crippen LogP contribution in [0.3, 0.4) is 0 Å². The number of aromatic nitrogens is 2. The van der Waals surface area contributed by atoms with Gasteiger partial charge in [0.05, 0.1) is 5.69 Å². The molecular weight excluding hydrogens is 355 g/mol.